The van der Waals surface area contributed by atoms with Crippen molar-refractivity contribution in [2.75, 3.05) is 12.4 Å². The molecule has 0 saturated heterocycles. The van der Waals surface area contributed by atoms with Gasteiger partial charge in [0.05, 0.1) is 18.7 Å². The number of hydrogen-bond donors (Lipinski definition) is 1. The van der Waals surface area contributed by atoms with Crippen LogP contribution in [0.2, 0.25) is 0 Å². The van der Waals surface area contributed by atoms with Crippen molar-refractivity contribution < 1.29 is 14.3 Å². The van der Waals surface area contributed by atoms with Gasteiger partial charge in [-0.25, -0.2) is 4.79 Å². The minimum atomic E-state index is -0.597. The molecule has 0 aliphatic heterocycles. The molecular weight excluding hydrogens is 256 g/mol. The zero-order valence-corrected chi connectivity index (χ0v) is 10.8. The lowest BCUT2D eigenvalue weighted by atomic mass is 10.2. The van der Waals surface area contributed by atoms with E-state index in [2.05, 4.69) is 5.32 Å². The molecule has 0 aliphatic rings. The van der Waals surface area contributed by atoms with E-state index in [1.807, 2.05) is 6.07 Å². The molecule has 0 radical (unpaired) electrons. The Balaban J connectivity index is 1.95. The van der Waals surface area contributed by atoms with Crippen LogP contribution in [0.3, 0.4) is 0 Å². The lowest BCUT2D eigenvalue weighted by molar-refractivity contribution is 0.215. The Morgan fingerprint density at radius 2 is 1.65 bits per heavy atom. The summed E-state index contributed by atoms with van der Waals surface area (Å²) in [7, 11) is 1.57. The highest BCUT2D eigenvalue weighted by atomic mass is 16.6. The summed E-state index contributed by atoms with van der Waals surface area (Å²) < 4.78 is 10.1. The van der Waals surface area contributed by atoms with Crippen LogP contribution in [0.5, 0.6) is 11.5 Å². The maximum Gasteiger partial charge on any atom is 0.417 e. The zero-order valence-electron chi connectivity index (χ0n) is 10.8. The zero-order chi connectivity index (χ0) is 14.4. The third-order valence-electron chi connectivity index (χ3n) is 2.53. The Labute approximate surface area is 116 Å². The summed E-state index contributed by atoms with van der Waals surface area (Å²) in [4.78, 5) is 11.7. The largest absolute Gasteiger partial charge is 0.497 e. The number of anilines is 1. The minimum absolute atomic E-state index is 0.370. The second-order valence-corrected chi connectivity index (χ2v) is 3.88. The predicted molar refractivity (Wildman–Crippen MR) is 73.8 cm³/mol. The topological polar surface area (TPSA) is 71.3 Å². The number of ether oxygens (including phenoxy) is 2. The van der Waals surface area contributed by atoms with Gasteiger partial charge in [0.2, 0.25) is 0 Å². The highest BCUT2D eigenvalue weighted by Crippen LogP contribution is 2.16. The number of nitrogens with zero attached hydrogens (tertiary/aromatic N) is 1. The number of nitrogens with one attached hydrogen (secondary N) is 1. The van der Waals surface area contributed by atoms with Crippen LogP contribution in [0.1, 0.15) is 5.56 Å². The van der Waals surface area contributed by atoms with Crippen LogP contribution in [-0.2, 0) is 0 Å². The summed E-state index contributed by atoms with van der Waals surface area (Å²) in [5, 5.41) is 11.3. The van der Waals surface area contributed by atoms with E-state index < -0.39 is 6.09 Å². The lowest BCUT2D eigenvalue weighted by Gasteiger charge is -2.07. The summed E-state index contributed by atoms with van der Waals surface area (Å²) in [6.45, 7) is 0. The summed E-state index contributed by atoms with van der Waals surface area (Å²) in [5.41, 5.74) is 1.11. The van der Waals surface area contributed by atoms with E-state index in [1.165, 1.54) is 0 Å². The number of hydrogen-bond acceptors (Lipinski definition) is 4. The molecule has 0 saturated carbocycles. The van der Waals surface area contributed by atoms with Crippen LogP contribution in [0, 0.1) is 11.3 Å². The van der Waals surface area contributed by atoms with Gasteiger partial charge in [0.1, 0.15) is 11.5 Å². The van der Waals surface area contributed by atoms with Gasteiger partial charge in [0.15, 0.2) is 0 Å². The van der Waals surface area contributed by atoms with E-state index in [0.29, 0.717) is 22.7 Å². The maximum atomic E-state index is 11.7. The van der Waals surface area contributed by atoms with Gasteiger partial charge in [0, 0.05) is 5.69 Å². The molecule has 0 aliphatic carbocycles. The van der Waals surface area contributed by atoms with E-state index in [0.717, 1.165) is 0 Å². The number of benzene rings is 2. The first-order valence-electron chi connectivity index (χ1n) is 5.84. The van der Waals surface area contributed by atoms with Crippen molar-refractivity contribution in [3.05, 3.63) is 54.1 Å². The maximum absolute atomic E-state index is 11.7. The molecule has 0 unspecified atom stereocenters. The fraction of sp³-hybridized carbons (Fsp3) is 0.0667. The fourth-order valence-corrected chi connectivity index (χ4v) is 1.52. The Bertz CT molecular complexity index is 628. The van der Waals surface area contributed by atoms with Crippen LogP contribution in [0.25, 0.3) is 0 Å². The fourth-order valence-electron chi connectivity index (χ4n) is 1.52. The summed E-state index contributed by atoms with van der Waals surface area (Å²) >= 11 is 0. The molecule has 0 bridgehead atoms. The molecule has 20 heavy (non-hydrogen) atoms. The van der Waals surface area contributed by atoms with E-state index in [-0.39, 0.29) is 0 Å². The Morgan fingerprint density at radius 1 is 1.05 bits per heavy atom. The number of amides is 1. The third-order valence-corrected chi connectivity index (χ3v) is 2.53. The molecule has 0 heterocycles. The van der Waals surface area contributed by atoms with Crippen LogP contribution in [-0.4, -0.2) is 13.2 Å². The predicted octanol–water partition coefficient (Wildman–Crippen LogP) is 3.18. The number of methoxy groups -OCH3 is 1. The van der Waals surface area contributed by atoms with Crippen LogP contribution in [0.15, 0.2) is 48.5 Å². The first kappa shape index (κ1) is 13.4. The van der Waals surface area contributed by atoms with Crippen molar-refractivity contribution in [1.29, 1.82) is 5.26 Å². The molecule has 5 nitrogen and oxygen atoms in total. The molecule has 2 aromatic carbocycles. The Kier molecular flexibility index (Phi) is 4.20. The minimum Gasteiger partial charge on any atom is -0.497 e. The van der Waals surface area contributed by atoms with Gasteiger partial charge in [-0.3, -0.25) is 5.32 Å². The average molecular weight is 268 g/mol. The normalized spacial score (nSPS) is 9.40. The molecule has 0 atom stereocenters. The smallest absolute Gasteiger partial charge is 0.417 e. The van der Waals surface area contributed by atoms with Crippen LogP contribution in [0.4, 0.5) is 10.5 Å². The van der Waals surface area contributed by atoms with Gasteiger partial charge >= 0.3 is 6.09 Å². The van der Waals surface area contributed by atoms with Gasteiger partial charge < -0.3 is 9.47 Å². The second-order valence-electron chi connectivity index (χ2n) is 3.88. The van der Waals surface area contributed by atoms with Gasteiger partial charge in [-0.15, -0.1) is 0 Å². The van der Waals surface area contributed by atoms with Gasteiger partial charge in [0.25, 0.3) is 0 Å². The highest BCUT2D eigenvalue weighted by Gasteiger charge is 2.05. The first-order valence-corrected chi connectivity index (χ1v) is 5.84. The van der Waals surface area contributed by atoms with Crippen molar-refractivity contribution in [3.8, 4) is 17.6 Å². The van der Waals surface area contributed by atoms with E-state index in [4.69, 9.17) is 14.7 Å². The number of rotatable bonds is 3. The number of nitriles is 1. The van der Waals surface area contributed by atoms with Crippen molar-refractivity contribution in [2.24, 2.45) is 0 Å². The molecule has 2 aromatic rings. The monoisotopic (exact) mass is 268 g/mol. The van der Waals surface area contributed by atoms with Crippen LogP contribution >= 0.6 is 0 Å². The van der Waals surface area contributed by atoms with Crippen molar-refractivity contribution >= 4 is 11.8 Å². The second kappa shape index (κ2) is 6.25. The molecule has 5 heteroatoms. The van der Waals surface area contributed by atoms with Crippen LogP contribution < -0.4 is 14.8 Å². The van der Waals surface area contributed by atoms with E-state index in [9.17, 15) is 4.79 Å². The van der Waals surface area contributed by atoms with E-state index >= 15 is 0 Å². The number of carbonyl (C=O) groups is 1. The summed E-state index contributed by atoms with van der Waals surface area (Å²) in [6.07, 6.45) is -0.597. The first-order chi connectivity index (χ1) is 9.71. The quantitative estimate of drug-likeness (QED) is 0.928. The Hall–Kier alpha value is -3.00. The molecule has 2 rings (SSSR count). The van der Waals surface area contributed by atoms with Crippen molar-refractivity contribution in [2.45, 2.75) is 0 Å². The third kappa shape index (κ3) is 3.50. The van der Waals surface area contributed by atoms with Gasteiger partial charge in [-0.2, -0.15) is 5.26 Å². The van der Waals surface area contributed by atoms with E-state index in [1.54, 1.807) is 55.6 Å². The molecule has 100 valence electrons. The standard InChI is InChI=1S/C15H12N2O3/c1-19-13-8-4-12(5-9-13)17-15(18)20-14-6-2-11(10-16)3-7-14/h2-9H,1H3,(H,17,18). The van der Waals surface area contributed by atoms with Crippen molar-refractivity contribution in [1.82, 2.24) is 0 Å². The molecule has 1 N–H and O–H groups in total. The molecule has 1 amide bonds. The lowest BCUT2D eigenvalue weighted by Crippen LogP contribution is -2.16. The molecule has 0 fully saturated rings. The highest BCUT2D eigenvalue weighted by molar-refractivity contribution is 5.86. The summed E-state index contributed by atoms with van der Waals surface area (Å²) in [6, 6.07) is 15.2. The summed E-state index contributed by atoms with van der Waals surface area (Å²) in [5.74, 6) is 1.08. The van der Waals surface area contributed by atoms with Crippen molar-refractivity contribution in [3.63, 3.8) is 0 Å². The molecular formula is C15H12N2O3. The Morgan fingerprint density at radius 3 is 2.20 bits per heavy atom. The van der Waals surface area contributed by atoms with Gasteiger partial charge in [-0.1, -0.05) is 0 Å². The van der Waals surface area contributed by atoms with Gasteiger partial charge in [-0.05, 0) is 48.5 Å². The SMILES string of the molecule is COc1ccc(NC(=O)Oc2ccc(C#N)cc2)cc1. The molecule has 0 aromatic heterocycles. The molecule has 0 spiro atoms. The number of carbonyl (C=O) groups excluding carboxylic acids is 1. The average Bonchev–Trinajstić information content (AvgIpc) is 2.49.